The van der Waals surface area contributed by atoms with E-state index >= 15 is 0 Å². The number of hydrogen-bond acceptors (Lipinski definition) is 4. The lowest BCUT2D eigenvalue weighted by molar-refractivity contribution is 0.102. The summed E-state index contributed by atoms with van der Waals surface area (Å²) in [6.45, 7) is 2.53. The second kappa shape index (κ2) is 7.11. The van der Waals surface area contributed by atoms with Crippen LogP contribution in [-0.2, 0) is 6.54 Å². The van der Waals surface area contributed by atoms with Crippen molar-refractivity contribution in [1.82, 2.24) is 4.57 Å². The summed E-state index contributed by atoms with van der Waals surface area (Å²) >= 11 is 0. The molecule has 6 heteroatoms. The Bertz CT molecular complexity index is 1090. The van der Waals surface area contributed by atoms with Crippen molar-refractivity contribution < 1.29 is 9.53 Å². The molecule has 3 aromatic rings. The van der Waals surface area contributed by atoms with E-state index < -0.39 is 5.91 Å². The standard InChI is InChI=1S/C20H17N3O3/c1-3-23-12-16(19(24)15-10-14(26-2)8-9-18(15)23)20(25)22-17-7-5-4-6-13(17)11-21/h4-10,12H,3H2,1-2H3,(H,22,25). The first-order valence-electron chi connectivity index (χ1n) is 8.10. The molecule has 3 rings (SSSR count). The number of aromatic nitrogens is 1. The molecule has 1 N–H and O–H groups in total. The molecule has 2 aromatic carbocycles. The number of nitrogens with zero attached hydrogens (tertiary/aromatic N) is 2. The van der Waals surface area contributed by atoms with E-state index in [2.05, 4.69) is 5.32 Å². The number of carbonyl (C=O) groups is 1. The van der Waals surface area contributed by atoms with Crippen molar-refractivity contribution in [3.05, 3.63) is 70.0 Å². The van der Waals surface area contributed by atoms with Crippen molar-refractivity contribution in [2.45, 2.75) is 13.5 Å². The Labute approximate surface area is 150 Å². The lowest BCUT2D eigenvalue weighted by atomic mass is 10.1. The van der Waals surface area contributed by atoms with Crippen molar-refractivity contribution >= 4 is 22.5 Å². The van der Waals surface area contributed by atoms with E-state index in [1.807, 2.05) is 17.6 Å². The molecule has 0 saturated heterocycles. The summed E-state index contributed by atoms with van der Waals surface area (Å²) in [6, 6.07) is 13.9. The predicted molar refractivity (Wildman–Crippen MR) is 99.5 cm³/mol. The lowest BCUT2D eigenvalue weighted by Gasteiger charge is -2.13. The van der Waals surface area contributed by atoms with Gasteiger partial charge in [-0.2, -0.15) is 5.26 Å². The molecule has 0 aliphatic heterocycles. The minimum atomic E-state index is -0.551. The van der Waals surface area contributed by atoms with Crippen LogP contribution in [0.5, 0.6) is 5.75 Å². The fourth-order valence-corrected chi connectivity index (χ4v) is 2.81. The number of nitrogens with one attached hydrogen (secondary N) is 1. The fraction of sp³-hybridized carbons (Fsp3) is 0.150. The molecule has 0 unspecified atom stereocenters. The van der Waals surface area contributed by atoms with Gasteiger partial charge in [-0.1, -0.05) is 12.1 Å². The number of anilines is 1. The smallest absolute Gasteiger partial charge is 0.261 e. The molecule has 0 aliphatic rings. The Kier molecular flexibility index (Phi) is 4.72. The van der Waals surface area contributed by atoms with Gasteiger partial charge >= 0.3 is 0 Å². The van der Waals surface area contributed by atoms with Crippen LogP contribution < -0.4 is 15.5 Å². The van der Waals surface area contributed by atoms with Crippen LogP contribution in [0.25, 0.3) is 10.9 Å². The van der Waals surface area contributed by atoms with Crippen LogP contribution in [0, 0.1) is 11.3 Å². The number of carbonyl (C=O) groups excluding carboxylic acids is 1. The SMILES string of the molecule is CCn1cc(C(=O)Nc2ccccc2C#N)c(=O)c2cc(OC)ccc21. The van der Waals surface area contributed by atoms with E-state index in [-0.39, 0.29) is 11.0 Å². The van der Waals surface area contributed by atoms with Crippen LogP contribution in [0.15, 0.2) is 53.5 Å². The molecule has 1 heterocycles. The normalized spacial score (nSPS) is 10.3. The maximum Gasteiger partial charge on any atom is 0.261 e. The molecule has 130 valence electrons. The van der Waals surface area contributed by atoms with Crippen LogP contribution in [0.4, 0.5) is 5.69 Å². The number of rotatable bonds is 4. The molecule has 1 aromatic heterocycles. The topological polar surface area (TPSA) is 84.1 Å². The molecule has 0 fully saturated rings. The van der Waals surface area contributed by atoms with Crippen LogP contribution in [0.1, 0.15) is 22.8 Å². The first-order valence-corrected chi connectivity index (χ1v) is 8.10. The van der Waals surface area contributed by atoms with E-state index in [9.17, 15) is 9.59 Å². The van der Waals surface area contributed by atoms with Crippen molar-refractivity contribution in [3.8, 4) is 11.8 Å². The maximum absolute atomic E-state index is 12.9. The minimum absolute atomic E-state index is 0.0142. The summed E-state index contributed by atoms with van der Waals surface area (Å²) in [7, 11) is 1.52. The number of hydrogen-bond donors (Lipinski definition) is 1. The van der Waals surface area contributed by atoms with Gasteiger partial charge in [-0.25, -0.2) is 0 Å². The number of ether oxygens (including phenoxy) is 1. The summed E-state index contributed by atoms with van der Waals surface area (Å²) < 4.78 is 7.03. The van der Waals surface area contributed by atoms with Gasteiger partial charge < -0.3 is 14.6 Å². The van der Waals surface area contributed by atoms with E-state index in [0.29, 0.717) is 28.9 Å². The fourth-order valence-electron chi connectivity index (χ4n) is 2.81. The Balaban J connectivity index is 2.12. The van der Waals surface area contributed by atoms with Gasteiger partial charge in [0.25, 0.3) is 5.91 Å². The third kappa shape index (κ3) is 3.03. The van der Waals surface area contributed by atoms with Gasteiger partial charge in [0.05, 0.1) is 29.3 Å². The highest BCUT2D eigenvalue weighted by molar-refractivity contribution is 6.06. The van der Waals surface area contributed by atoms with Gasteiger partial charge in [-0.3, -0.25) is 9.59 Å². The third-order valence-electron chi connectivity index (χ3n) is 4.17. The lowest BCUT2D eigenvalue weighted by Crippen LogP contribution is -2.24. The monoisotopic (exact) mass is 347 g/mol. The van der Waals surface area contributed by atoms with E-state index in [0.717, 1.165) is 5.52 Å². The quantitative estimate of drug-likeness (QED) is 0.786. The van der Waals surface area contributed by atoms with Crippen molar-refractivity contribution in [3.63, 3.8) is 0 Å². The molecule has 0 bridgehead atoms. The Morgan fingerprint density at radius 1 is 1.27 bits per heavy atom. The van der Waals surface area contributed by atoms with Gasteiger partial charge in [0.2, 0.25) is 5.43 Å². The summed E-state index contributed by atoms with van der Waals surface area (Å²) in [5.41, 5.74) is 1.07. The number of benzene rings is 2. The van der Waals surface area contributed by atoms with Crippen molar-refractivity contribution in [1.29, 1.82) is 5.26 Å². The summed E-state index contributed by atoms with van der Waals surface area (Å²) in [6.07, 6.45) is 1.54. The van der Waals surface area contributed by atoms with Gasteiger partial charge in [-0.05, 0) is 37.3 Å². The second-order valence-electron chi connectivity index (χ2n) is 5.65. The molecule has 26 heavy (non-hydrogen) atoms. The number of fused-ring (bicyclic) bond motifs is 1. The summed E-state index contributed by atoms with van der Waals surface area (Å²) in [5, 5.41) is 12.2. The molecule has 0 spiro atoms. The molecular weight excluding hydrogens is 330 g/mol. The molecule has 6 nitrogen and oxygen atoms in total. The number of nitriles is 1. The van der Waals surface area contributed by atoms with Crippen LogP contribution in [-0.4, -0.2) is 17.6 Å². The number of aryl methyl sites for hydroxylation is 1. The van der Waals surface area contributed by atoms with Crippen LogP contribution in [0.2, 0.25) is 0 Å². The number of para-hydroxylation sites is 1. The molecular formula is C20H17N3O3. The highest BCUT2D eigenvalue weighted by atomic mass is 16.5. The summed E-state index contributed by atoms with van der Waals surface area (Å²) in [5.74, 6) is -0.00532. The average molecular weight is 347 g/mol. The Hall–Kier alpha value is -3.59. The van der Waals surface area contributed by atoms with Crippen molar-refractivity contribution in [2.24, 2.45) is 0 Å². The zero-order valence-corrected chi connectivity index (χ0v) is 14.4. The average Bonchev–Trinajstić information content (AvgIpc) is 2.68. The highest BCUT2D eigenvalue weighted by Crippen LogP contribution is 2.20. The molecule has 0 radical (unpaired) electrons. The zero-order valence-electron chi connectivity index (χ0n) is 14.4. The van der Waals surface area contributed by atoms with E-state index in [4.69, 9.17) is 10.00 Å². The predicted octanol–water partition coefficient (Wildman–Crippen LogP) is 3.15. The molecule has 0 saturated carbocycles. The first kappa shape index (κ1) is 17.2. The number of methoxy groups -OCH3 is 1. The molecule has 0 atom stereocenters. The summed E-state index contributed by atoms with van der Waals surface area (Å²) in [4.78, 5) is 25.6. The van der Waals surface area contributed by atoms with E-state index in [1.165, 1.54) is 7.11 Å². The van der Waals surface area contributed by atoms with Gasteiger partial charge in [0.1, 0.15) is 17.4 Å². The van der Waals surface area contributed by atoms with Crippen LogP contribution >= 0.6 is 0 Å². The van der Waals surface area contributed by atoms with Gasteiger partial charge in [0, 0.05) is 12.7 Å². The number of pyridine rings is 1. The second-order valence-corrected chi connectivity index (χ2v) is 5.65. The third-order valence-corrected chi connectivity index (χ3v) is 4.17. The Morgan fingerprint density at radius 2 is 2.04 bits per heavy atom. The number of amides is 1. The highest BCUT2D eigenvalue weighted by Gasteiger charge is 2.17. The minimum Gasteiger partial charge on any atom is -0.497 e. The zero-order chi connectivity index (χ0) is 18.7. The van der Waals surface area contributed by atoms with E-state index in [1.54, 1.807) is 48.7 Å². The Morgan fingerprint density at radius 3 is 2.73 bits per heavy atom. The molecule has 0 aliphatic carbocycles. The largest absolute Gasteiger partial charge is 0.497 e. The molecule has 1 amide bonds. The van der Waals surface area contributed by atoms with Crippen LogP contribution in [0.3, 0.4) is 0 Å². The maximum atomic E-state index is 12.9. The van der Waals surface area contributed by atoms with Gasteiger partial charge in [-0.15, -0.1) is 0 Å². The van der Waals surface area contributed by atoms with Gasteiger partial charge in [0.15, 0.2) is 0 Å². The van der Waals surface area contributed by atoms with Crippen molar-refractivity contribution in [2.75, 3.05) is 12.4 Å². The first-order chi connectivity index (χ1) is 12.6.